The number of rotatable bonds is 2. The smallest absolute Gasteiger partial charge is 0.237 e. The van der Waals surface area contributed by atoms with Gasteiger partial charge in [-0.25, -0.2) is 9.97 Å². The van der Waals surface area contributed by atoms with Crippen molar-refractivity contribution in [2.24, 2.45) is 5.73 Å². The fraction of sp³-hybridized carbons (Fsp3) is 0.0625. The van der Waals surface area contributed by atoms with Crippen LogP contribution in [0.1, 0.15) is 0 Å². The van der Waals surface area contributed by atoms with Crippen molar-refractivity contribution >= 4 is 54.9 Å². The van der Waals surface area contributed by atoms with Gasteiger partial charge in [-0.2, -0.15) is 0 Å². The number of halogens is 1. The molecule has 0 saturated heterocycles. The molecule has 4 rings (SSSR count). The predicted molar refractivity (Wildman–Crippen MR) is 89.4 cm³/mol. The van der Waals surface area contributed by atoms with E-state index in [2.05, 4.69) is 20.9 Å². The molecule has 0 spiro atoms. The molecule has 2 aromatic heterocycles. The Bertz CT molecular complexity index is 1050. The fourth-order valence-corrected chi connectivity index (χ4v) is 3.08. The Morgan fingerprint density at radius 2 is 1.86 bits per heavy atom. The van der Waals surface area contributed by atoms with Gasteiger partial charge in [-0.05, 0) is 30.3 Å². The second kappa shape index (κ2) is 4.78. The van der Waals surface area contributed by atoms with Crippen LogP contribution in [-0.4, -0.2) is 20.4 Å². The van der Waals surface area contributed by atoms with E-state index in [0.717, 1.165) is 31.9 Å². The molecule has 0 unspecified atom stereocenters. The number of para-hydroxylation sites is 2. The molecule has 0 bridgehead atoms. The molecule has 0 fully saturated rings. The molecule has 5 nitrogen and oxygen atoms in total. The van der Waals surface area contributed by atoms with Crippen LogP contribution in [0.4, 0.5) is 0 Å². The maximum atomic E-state index is 11.4. The van der Waals surface area contributed by atoms with E-state index in [0.29, 0.717) is 5.65 Å². The van der Waals surface area contributed by atoms with Gasteiger partial charge in [0.1, 0.15) is 12.1 Å². The Morgan fingerprint density at radius 3 is 2.59 bits per heavy atom. The molecule has 0 saturated carbocycles. The number of nitrogens with two attached hydrogens (primary N) is 1. The number of hydrogen-bond acceptors (Lipinski definition) is 3. The highest BCUT2D eigenvalue weighted by Gasteiger charge is 2.15. The van der Waals surface area contributed by atoms with Gasteiger partial charge >= 0.3 is 0 Å². The average Bonchev–Trinajstić information content (AvgIpc) is 2.78. The average molecular weight is 355 g/mol. The van der Waals surface area contributed by atoms with Crippen molar-refractivity contribution in [1.29, 1.82) is 0 Å². The first-order valence-electron chi connectivity index (χ1n) is 6.76. The van der Waals surface area contributed by atoms with Crippen LogP contribution in [0, 0.1) is 0 Å². The third kappa shape index (κ3) is 1.95. The van der Waals surface area contributed by atoms with Gasteiger partial charge in [-0.3, -0.25) is 4.79 Å². The second-order valence-electron chi connectivity index (χ2n) is 5.10. The van der Waals surface area contributed by atoms with Gasteiger partial charge in [0, 0.05) is 9.86 Å². The van der Waals surface area contributed by atoms with E-state index in [1.165, 1.54) is 0 Å². The number of primary amides is 1. The highest BCUT2D eigenvalue weighted by molar-refractivity contribution is 9.10. The number of aromatic nitrogens is 3. The molecule has 2 aromatic carbocycles. The zero-order valence-electron chi connectivity index (χ0n) is 11.5. The summed E-state index contributed by atoms with van der Waals surface area (Å²) in [5.41, 5.74) is 9.35. The van der Waals surface area contributed by atoms with Gasteiger partial charge in [-0.15, -0.1) is 0 Å². The summed E-state index contributed by atoms with van der Waals surface area (Å²) < 4.78 is 2.77. The topological polar surface area (TPSA) is 73.8 Å². The zero-order valence-corrected chi connectivity index (χ0v) is 13.0. The SMILES string of the molecule is NC(=O)Cn1c2ccc(Br)cc2c2nc3ccccc3nc21. The Kier molecular flexibility index (Phi) is 2.87. The minimum absolute atomic E-state index is 0.0780. The molecule has 22 heavy (non-hydrogen) atoms. The molecule has 6 heteroatoms. The first kappa shape index (κ1) is 13.2. The summed E-state index contributed by atoms with van der Waals surface area (Å²) in [6.07, 6.45) is 0. The van der Waals surface area contributed by atoms with Crippen LogP contribution in [0.15, 0.2) is 46.9 Å². The highest BCUT2D eigenvalue weighted by atomic mass is 79.9. The third-order valence-corrected chi connectivity index (χ3v) is 4.12. The Balaban J connectivity index is 2.20. The summed E-state index contributed by atoms with van der Waals surface area (Å²) in [6.45, 7) is 0.0780. The van der Waals surface area contributed by atoms with E-state index in [9.17, 15) is 4.79 Å². The summed E-state index contributed by atoms with van der Waals surface area (Å²) in [5.74, 6) is -0.406. The molecule has 0 aliphatic carbocycles. The normalized spacial score (nSPS) is 11.5. The molecule has 0 aliphatic heterocycles. The maximum Gasteiger partial charge on any atom is 0.237 e. The number of amides is 1. The lowest BCUT2D eigenvalue weighted by Gasteiger charge is -2.03. The molecule has 1 amide bonds. The Morgan fingerprint density at radius 1 is 1.14 bits per heavy atom. The molecule has 2 heterocycles. The standard InChI is InChI=1S/C16H11BrN4O/c17-9-5-6-13-10(7-9)15-16(21(13)8-14(18)22)20-12-4-2-1-3-11(12)19-15/h1-7H,8H2,(H2,18,22). The van der Waals surface area contributed by atoms with E-state index in [1.807, 2.05) is 47.0 Å². The fourth-order valence-electron chi connectivity index (χ4n) is 2.72. The van der Waals surface area contributed by atoms with Crippen LogP contribution in [0.25, 0.3) is 33.1 Å². The summed E-state index contributed by atoms with van der Waals surface area (Å²) >= 11 is 3.48. The van der Waals surface area contributed by atoms with Gasteiger partial charge in [0.25, 0.3) is 0 Å². The van der Waals surface area contributed by atoms with Crippen LogP contribution in [-0.2, 0) is 11.3 Å². The number of carbonyl (C=O) groups is 1. The Labute approximate surface area is 133 Å². The lowest BCUT2D eigenvalue weighted by atomic mass is 10.2. The summed E-state index contributed by atoms with van der Waals surface area (Å²) in [5, 5.41) is 0.948. The first-order chi connectivity index (χ1) is 10.6. The number of hydrogen-bond donors (Lipinski definition) is 1. The first-order valence-corrected chi connectivity index (χ1v) is 7.55. The monoisotopic (exact) mass is 354 g/mol. The number of nitrogens with zero attached hydrogens (tertiary/aromatic N) is 3. The minimum atomic E-state index is -0.406. The number of fused-ring (bicyclic) bond motifs is 4. The van der Waals surface area contributed by atoms with Gasteiger partial charge in [-0.1, -0.05) is 28.1 Å². The highest BCUT2D eigenvalue weighted by Crippen LogP contribution is 2.30. The van der Waals surface area contributed by atoms with Crippen molar-refractivity contribution in [2.45, 2.75) is 6.54 Å². The van der Waals surface area contributed by atoms with E-state index < -0.39 is 5.91 Å². The van der Waals surface area contributed by atoms with Crippen LogP contribution in [0.2, 0.25) is 0 Å². The van der Waals surface area contributed by atoms with E-state index in [4.69, 9.17) is 10.7 Å². The zero-order chi connectivity index (χ0) is 15.3. The summed E-state index contributed by atoms with van der Waals surface area (Å²) in [7, 11) is 0. The van der Waals surface area contributed by atoms with Gasteiger partial charge in [0.15, 0.2) is 5.65 Å². The van der Waals surface area contributed by atoms with Crippen molar-refractivity contribution in [1.82, 2.24) is 14.5 Å². The predicted octanol–water partition coefficient (Wildman–Crippen LogP) is 2.99. The lowest BCUT2D eigenvalue weighted by molar-refractivity contribution is -0.118. The molecule has 0 atom stereocenters. The van der Waals surface area contributed by atoms with Crippen LogP contribution < -0.4 is 5.73 Å². The molecule has 4 aromatic rings. The number of benzene rings is 2. The van der Waals surface area contributed by atoms with Crippen LogP contribution in [0.5, 0.6) is 0 Å². The summed E-state index contributed by atoms with van der Waals surface area (Å²) in [6, 6.07) is 13.5. The van der Waals surface area contributed by atoms with E-state index in [1.54, 1.807) is 0 Å². The molecule has 0 radical (unpaired) electrons. The van der Waals surface area contributed by atoms with Crippen molar-refractivity contribution < 1.29 is 4.79 Å². The van der Waals surface area contributed by atoms with Crippen LogP contribution >= 0.6 is 15.9 Å². The second-order valence-corrected chi connectivity index (χ2v) is 6.01. The van der Waals surface area contributed by atoms with Crippen LogP contribution in [0.3, 0.4) is 0 Å². The maximum absolute atomic E-state index is 11.4. The third-order valence-electron chi connectivity index (χ3n) is 3.63. The molecular weight excluding hydrogens is 344 g/mol. The van der Waals surface area contributed by atoms with Crippen molar-refractivity contribution in [2.75, 3.05) is 0 Å². The largest absolute Gasteiger partial charge is 0.368 e. The molecule has 2 N–H and O–H groups in total. The quantitative estimate of drug-likeness (QED) is 0.601. The van der Waals surface area contributed by atoms with E-state index in [-0.39, 0.29) is 6.54 Å². The molecular formula is C16H11BrN4O. The van der Waals surface area contributed by atoms with Crippen molar-refractivity contribution in [3.05, 3.63) is 46.9 Å². The van der Waals surface area contributed by atoms with E-state index >= 15 is 0 Å². The van der Waals surface area contributed by atoms with Gasteiger partial charge in [0.05, 0.1) is 16.6 Å². The summed E-state index contributed by atoms with van der Waals surface area (Å²) in [4.78, 5) is 20.8. The van der Waals surface area contributed by atoms with Gasteiger partial charge < -0.3 is 10.3 Å². The lowest BCUT2D eigenvalue weighted by Crippen LogP contribution is -2.18. The Hall–Kier alpha value is -2.47. The minimum Gasteiger partial charge on any atom is -0.368 e. The molecule has 108 valence electrons. The van der Waals surface area contributed by atoms with Crippen molar-refractivity contribution in [3.63, 3.8) is 0 Å². The molecule has 0 aliphatic rings. The van der Waals surface area contributed by atoms with Gasteiger partial charge in [0.2, 0.25) is 5.91 Å². The number of carbonyl (C=O) groups excluding carboxylic acids is 1. The van der Waals surface area contributed by atoms with Crippen molar-refractivity contribution in [3.8, 4) is 0 Å².